The first-order valence-electron chi connectivity index (χ1n) is 18.1. The molecule has 256 valence electrons. The Kier molecular flexibility index (Phi) is 9.35. The molecule has 0 bridgehead atoms. The highest BCUT2D eigenvalue weighted by atomic mass is 35.5. The molecule has 3 nitrogen and oxygen atoms in total. The molecule has 0 aromatic heterocycles. The van der Waals surface area contributed by atoms with Crippen LogP contribution in [-0.4, -0.2) is 24.8 Å². The van der Waals surface area contributed by atoms with Crippen molar-refractivity contribution in [1.29, 1.82) is 0 Å². The monoisotopic (exact) mass is 700 g/mol. The third-order valence-electron chi connectivity index (χ3n) is 11.2. The number of hydrogen-bond acceptors (Lipinski definition) is 2. The van der Waals surface area contributed by atoms with Gasteiger partial charge in [-0.15, -0.1) is 0 Å². The van der Waals surface area contributed by atoms with Gasteiger partial charge in [0.2, 0.25) is 17.1 Å². The highest BCUT2D eigenvalue weighted by molar-refractivity contribution is 6.31. The van der Waals surface area contributed by atoms with Crippen LogP contribution in [0.15, 0.2) is 132 Å². The van der Waals surface area contributed by atoms with Crippen LogP contribution in [0.1, 0.15) is 71.9 Å². The van der Waals surface area contributed by atoms with Gasteiger partial charge in [0.15, 0.2) is 0 Å². The maximum absolute atomic E-state index is 6.54. The third kappa shape index (κ3) is 5.93. The fourth-order valence-electron chi connectivity index (χ4n) is 8.67. The van der Waals surface area contributed by atoms with Gasteiger partial charge in [0, 0.05) is 92.5 Å². The lowest BCUT2D eigenvalue weighted by Gasteiger charge is -2.33. The minimum atomic E-state index is -0.168. The molecule has 2 heterocycles. The number of halogens is 2. The Hall–Kier alpha value is -4.05. The molecule has 50 heavy (non-hydrogen) atoms. The first-order valence-corrected chi connectivity index (χ1v) is 18.8. The first kappa shape index (κ1) is 34.4. The zero-order valence-corrected chi connectivity index (χ0v) is 31.7. The van der Waals surface area contributed by atoms with Crippen molar-refractivity contribution >= 4 is 51.7 Å². The Bertz CT molecular complexity index is 1990. The van der Waals surface area contributed by atoms with Crippen LogP contribution in [0.5, 0.6) is 0 Å². The molecular weight excluding hydrogens is 653 g/mol. The van der Waals surface area contributed by atoms with Gasteiger partial charge < -0.3 is 9.80 Å². The molecule has 0 amide bonds. The van der Waals surface area contributed by atoms with E-state index in [2.05, 4.69) is 159 Å². The Morgan fingerprint density at radius 3 is 1.88 bits per heavy atom. The molecule has 4 aromatic rings. The van der Waals surface area contributed by atoms with Crippen LogP contribution in [0.2, 0.25) is 10.0 Å². The molecule has 1 aliphatic carbocycles. The van der Waals surface area contributed by atoms with E-state index in [4.69, 9.17) is 23.2 Å². The van der Waals surface area contributed by atoms with E-state index in [1.54, 1.807) is 0 Å². The number of allylic oxidation sites excluding steroid dienone is 5. The summed E-state index contributed by atoms with van der Waals surface area (Å²) in [5.41, 5.74) is 12.6. The van der Waals surface area contributed by atoms with Gasteiger partial charge in [0.25, 0.3) is 0 Å². The summed E-state index contributed by atoms with van der Waals surface area (Å²) in [6, 6.07) is 34.7. The predicted molar refractivity (Wildman–Crippen MR) is 216 cm³/mol. The molecular formula is C45H48Cl2N3+. The summed E-state index contributed by atoms with van der Waals surface area (Å²) in [6.45, 7) is 15.8. The molecule has 0 radical (unpaired) electrons. The Morgan fingerprint density at radius 2 is 1.28 bits per heavy atom. The van der Waals surface area contributed by atoms with E-state index < -0.39 is 0 Å². The number of likely N-dealkylation sites (N-methyl/N-ethyl adjacent to an activating group) is 2. The smallest absolute Gasteiger partial charge is 0.217 e. The van der Waals surface area contributed by atoms with E-state index in [1.807, 2.05) is 12.1 Å². The number of benzene rings is 4. The van der Waals surface area contributed by atoms with Gasteiger partial charge in [-0.3, -0.25) is 0 Å². The van der Waals surface area contributed by atoms with Crippen LogP contribution in [0.3, 0.4) is 0 Å². The van der Waals surface area contributed by atoms with Gasteiger partial charge in [-0.05, 0) is 86.7 Å². The van der Waals surface area contributed by atoms with Crippen molar-refractivity contribution in [2.24, 2.45) is 0 Å². The fourth-order valence-corrected chi connectivity index (χ4v) is 9.01. The molecule has 1 atom stereocenters. The van der Waals surface area contributed by atoms with E-state index >= 15 is 0 Å². The first-order chi connectivity index (χ1) is 24.1. The van der Waals surface area contributed by atoms with Gasteiger partial charge >= 0.3 is 0 Å². The number of para-hydroxylation sites is 2. The molecule has 4 aromatic carbocycles. The van der Waals surface area contributed by atoms with Crippen LogP contribution < -0.4 is 14.4 Å². The normalized spacial score (nSPS) is 21.4. The van der Waals surface area contributed by atoms with Crippen molar-refractivity contribution in [3.8, 4) is 0 Å². The van der Waals surface area contributed by atoms with Crippen molar-refractivity contribution in [2.75, 3.05) is 22.9 Å². The molecule has 1 saturated carbocycles. The van der Waals surface area contributed by atoms with Gasteiger partial charge in [-0.25, -0.2) is 0 Å². The minimum Gasteiger partial charge on any atom is -0.367 e. The molecule has 0 spiro atoms. The van der Waals surface area contributed by atoms with Crippen LogP contribution in [0, 0.1) is 0 Å². The molecule has 5 heteroatoms. The topological polar surface area (TPSA) is 9.49 Å². The summed E-state index contributed by atoms with van der Waals surface area (Å²) in [7, 11) is 0. The van der Waals surface area contributed by atoms with E-state index in [9.17, 15) is 0 Å². The Morgan fingerprint density at radius 1 is 0.700 bits per heavy atom. The molecule has 1 fully saturated rings. The zero-order valence-electron chi connectivity index (χ0n) is 30.2. The lowest BCUT2D eigenvalue weighted by atomic mass is 9.79. The van der Waals surface area contributed by atoms with Crippen molar-refractivity contribution in [1.82, 2.24) is 4.58 Å². The average molecular weight is 702 g/mol. The lowest BCUT2D eigenvalue weighted by molar-refractivity contribution is 0.420. The van der Waals surface area contributed by atoms with Crippen LogP contribution in [0.4, 0.5) is 22.7 Å². The van der Waals surface area contributed by atoms with Crippen LogP contribution >= 0.6 is 23.2 Å². The number of hydrogen-bond donors (Lipinski definition) is 0. The second kappa shape index (κ2) is 13.6. The summed E-state index contributed by atoms with van der Waals surface area (Å²) in [6.07, 6.45) is 10.2. The summed E-state index contributed by atoms with van der Waals surface area (Å²) >= 11 is 13.1. The number of rotatable bonds is 7. The summed E-state index contributed by atoms with van der Waals surface area (Å²) in [4.78, 5) is 5.03. The van der Waals surface area contributed by atoms with Gasteiger partial charge in [-0.2, -0.15) is 4.58 Å². The van der Waals surface area contributed by atoms with E-state index in [1.165, 1.54) is 45.1 Å². The fraction of sp³-hybridized carbons (Fsp3) is 0.311. The second-order valence-corrected chi connectivity index (χ2v) is 15.7. The van der Waals surface area contributed by atoms with Crippen LogP contribution in [-0.2, 0) is 10.8 Å². The van der Waals surface area contributed by atoms with Crippen molar-refractivity contribution in [2.45, 2.75) is 77.7 Å². The SMILES string of the molecule is CCN1C(=CC=C2CCC(=CCC3N(CC)c4ccc(Cl)cc4C3(C)C)C2=[N+](c2ccccc2)c2ccccc2)C(C)(C)c2cc(Cl)ccc21. The van der Waals surface area contributed by atoms with E-state index in [0.29, 0.717) is 6.04 Å². The van der Waals surface area contributed by atoms with Crippen molar-refractivity contribution in [3.63, 3.8) is 0 Å². The minimum absolute atomic E-state index is 0.0384. The largest absolute Gasteiger partial charge is 0.367 e. The quantitative estimate of drug-likeness (QED) is 0.178. The molecule has 0 N–H and O–H groups in total. The molecule has 7 rings (SSSR count). The summed E-state index contributed by atoms with van der Waals surface area (Å²) in [5.74, 6) is 0. The Labute approximate surface area is 308 Å². The third-order valence-corrected chi connectivity index (χ3v) is 11.7. The van der Waals surface area contributed by atoms with Gasteiger partial charge in [0.05, 0.1) is 0 Å². The number of anilines is 2. The second-order valence-electron chi connectivity index (χ2n) is 14.8. The maximum Gasteiger partial charge on any atom is 0.217 e. The predicted octanol–water partition coefficient (Wildman–Crippen LogP) is 12.2. The standard InChI is InChI=1S/C45H48Cl2N3/c1-7-48-39-25-23-33(46)29-37(39)44(3,4)41(48)27-21-31-19-20-32(43(31)50(35-15-11-9-12-16-35)36-17-13-10-14-18-36)22-28-42-45(5,6)38-30-34(47)24-26-40(38)49(42)8-2/h9-18,21-27,29-30,42H,7-8,19-20,28H2,1-6H3/q+1. The summed E-state index contributed by atoms with van der Waals surface area (Å²) in [5, 5.41) is 1.59. The number of nitrogens with zero attached hydrogens (tertiary/aromatic N) is 3. The van der Waals surface area contributed by atoms with Crippen LogP contribution in [0.25, 0.3) is 0 Å². The van der Waals surface area contributed by atoms with Gasteiger partial charge in [-0.1, -0.05) is 99.4 Å². The number of fused-ring (bicyclic) bond motifs is 2. The van der Waals surface area contributed by atoms with E-state index in [-0.39, 0.29) is 10.8 Å². The van der Waals surface area contributed by atoms with E-state index in [0.717, 1.165) is 53.8 Å². The molecule has 0 saturated heterocycles. The average Bonchev–Trinajstić information content (AvgIpc) is 3.68. The Balaban J connectivity index is 1.37. The zero-order chi connectivity index (χ0) is 35.2. The molecule has 3 aliphatic rings. The van der Waals surface area contributed by atoms with Crippen molar-refractivity contribution < 1.29 is 0 Å². The maximum atomic E-state index is 6.54. The highest BCUT2D eigenvalue weighted by Gasteiger charge is 2.44. The molecule has 1 unspecified atom stereocenters. The highest BCUT2D eigenvalue weighted by Crippen LogP contribution is 2.49. The summed E-state index contributed by atoms with van der Waals surface area (Å²) < 4.78 is 2.47. The van der Waals surface area contributed by atoms with Gasteiger partial charge in [0.1, 0.15) is 0 Å². The molecule has 2 aliphatic heterocycles. The van der Waals surface area contributed by atoms with Crippen molar-refractivity contribution in [3.05, 3.63) is 153 Å². The lowest BCUT2D eigenvalue weighted by Crippen LogP contribution is -2.41.